The number of halogens is 1. The highest BCUT2D eigenvalue weighted by Gasteiger charge is 2.13. The molecule has 82 valence electrons. The number of hydrogen-bond donors (Lipinski definition) is 2. The van der Waals surface area contributed by atoms with Crippen LogP contribution in [-0.4, -0.2) is 11.9 Å². The third-order valence-electron chi connectivity index (χ3n) is 1.94. The van der Waals surface area contributed by atoms with Crippen LogP contribution in [0.4, 0.5) is 5.69 Å². The summed E-state index contributed by atoms with van der Waals surface area (Å²) in [6.07, 6.45) is 0. The first-order chi connectivity index (χ1) is 6.91. The van der Waals surface area contributed by atoms with E-state index >= 15 is 0 Å². The molecule has 1 aromatic rings. The Labute approximate surface area is 98.2 Å². The van der Waals surface area contributed by atoms with E-state index < -0.39 is 0 Å². The van der Waals surface area contributed by atoms with E-state index in [1.54, 1.807) is 6.07 Å². The molecule has 0 heterocycles. The van der Waals surface area contributed by atoms with Crippen molar-refractivity contribution in [3.8, 4) is 0 Å². The van der Waals surface area contributed by atoms with Crippen molar-refractivity contribution in [2.24, 2.45) is 0 Å². The number of rotatable bonds is 2. The van der Waals surface area contributed by atoms with Gasteiger partial charge in [0.15, 0.2) is 0 Å². The molecule has 1 aromatic carbocycles. The minimum Gasteiger partial charge on any atom is -0.397 e. The molecule has 0 aromatic heterocycles. The maximum Gasteiger partial charge on any atom is 0.253 e. The van der Waals surface area contributed by atoms with Crippen molar-refractivity contribution < 1.29 is 4.79 Å². The summed E-state index contributed by atoms with van der Waals surface area (Å²) in [5.74, 6) is -0.132. The molecule has 4 heteroatoms. The van der Waals surface area contributed by atoms with Gasteiger partial charge in [-0.25, -0.2) is 0 Å². The van der Waals surface area contributed by atoms with E-state index in [4.69, 9.17) is 5.73 Å². The Hall–Kier alpha value is -1.03. The predicted molar refractivity (Wildman–Crippen MR) is 65.9 cm³/mol. The quantitative estimate of drug-likeness (QED) is 0.812. The van der Waals surface area contributed by atoms with Gasteiger partial charge in [0.05, 0.1) is 11.3 Å². The molecule has 1 amide bonds. The molecule has 0 radical (unpaired) electrons. The SMILES string of the molecule is Cc1cc(Br)c(N)c(C(=O)NC(C)C)c1. The van der Waals surface area contributed by atoms with Gasteiger partial charge >= 0.3 is 0 Å². The van der Waals surface area contributed by atoms with Crippen LogP contribution in [0.15, 0.2) is 16.6 Å². The predicted octanol–water partition coefficient (Wildman–Crippen LogP) is 2.48. The van der Waals surface area contributed by atoms with E-state index in [1.807, 2.05) is 26.8 Å². The van der Waals surface area contributed by atoms with Crippen LogP contribution in [0.1, 0.15) is 29.8 Å². The van der Waals surface area contributed by atoms with E-state index in [1.165, 1.54) is 0 Å². The second kappa shape index (κ2) is 4.66. The second-order valence-electron chi connectivity index (χ2n) is 3.84. The number of nitrogens with two attached hydrogens (primary N) is 1. The highest BCUT2D eigenvalue weighted by atomic mass is 79.9. The summed E-state index contributed by atoms with van der Waals surface area (Å²) in [5, 5.41) is 2.81. The van der Waals surface area contributed by atoms with Crippen molar-refractivity contribution in [1.82, 2.24) is 5.32 Å². The van der Waals surface area contributed by atoms with Crippen LogP contribution in [0.5, 0.6) is 0 Å². The maximum atomic E-state index is 11.8. The van der Waals surface area contributed by atoms with Gasteiger partial charge in [-0.1, -0.05) is 0 Å². The standard InChI is InChI=1S/C11H15BrN2O/c1-6(2)14-11(15)8-4-7(3)5-9(12)10(8)13/h4-6H,13H2,1-3H3,(H,14,15). The molecule has 3 nitrogen and oxygen atoms in total. The van der Waals surface area contributed by atoms with E-state index in [0.29, 0.717) is 11.3 Å². The topological polar surface area (TPSA) is 55.1 Å². The molecular weight excluding hydrogens is 256 g/mol. The Morgan fingerprint density at radius 1 is 1.47 bits per heavy atom. The van der Waals surface area contributed by atoms with Gasteiger partial charge in [-0.05, 0) is 54.4 Å². The van der Waals surface area contributed by atoms with Crippen molar-refractivity contribution in [1.29, 1.82) is 0 Å². The average molecular weight is 271 g/mol. The van der Waals surface area contributed by atoms with Crippen molar-refractivity contribution in [3.63, 3.8) is 0 Å². The normalized spacial score (nSPS) is 10.5. The fraction of sp³-hybridized carbons (Fsp3) is 0.364. The van der Waals surface area contributed by atoms with Crippen molar-refractivity contribution in [2.75, 3.05) is 5.73 Å². The van der Waals surface area contributed by atoms with Crippen molar-refractivity contribution >= 4 is 27.5 Å². The Morgan fingerprint density at radius 2 is 2.07 bits per heavy atom. The van der Waals surface area contributed by atoms with Crippen LogP contribution in [0.2, 0.25) is 0 Å². The molecule has 0 saturated carbocycles. The largest absolute Gasteiger partial charge is 0.397 e. The average Bonchev–Trinajstić information content (AvgIpc) is 2.09. The van der Waals surface area contributed by atoms with E-state index in [9.17, 15) is 4.79 Å². The van der Waals surface area contributed by atoms with Crippen molar-refractivity contribution in [2.45, 2.75) is 26.8 Å². The molecule has 0 spiro atoms. The number of carbonyl (C=O) groups is 1. The van der Waals surface area contributed by atoms with E-state index in [0.717, 1.165) is 10.0 Å². The van der Waals surface area contributed by atoms with Crippen LogP contribution in [0.3, 0.4) is 0 Å². The number of benzene rings is 1. The monoisotopic (exact) mass is 270 g/mol. The molecule has 0 aliphatic rings. The van der Waals surface area contributed by atoms with Gasteiger partial charge in [0.1, 0.15) is 0 Å². The smallest absolute Gasteiger partial charge is 0.253 e. The van der Waals surface area contributed by atoms with Gasteiger partial charge in [-0.15, -0.1) is 0 Å². The summed E-state index contributed by atoms with van der Waals surface area (Å²) in [7, 11) is 0. The first-order valence-corrected chi connectivity index (χ1v) is 5.57. The highest BCUT2D eigenvalue weighted by Crippen LogP contribution is 2.25. The number of aryl methyl sites for hydroxylation is 1. The third-order valence-corrected chi connectivity index (χ3v) is 2.59. The Bertz CT molecular complexity index is 388. The summed E-state index contributed by atoms with van der Waals surface area (Å²) in [6, 6.07) is 3.79. The van der Waals surface area contributed by atoms with Gasteiger partial charge in [0.25, 0.3) is 5.91 Å². The number of hydrogen-bond acceptors (Lipinski definition) is 2. The van der Waals surface area contributed by atoms with E-state index in [-0.39, 0.29) is 11.9 Å². The van der Waals surface area contributed by atoms with Gasteiger partial charge < -0.3 is 11.1 Å². The lowest BCUT2D eigenvalue weighted by Crippen LogP contribution is -2.30. The molecule has 0 unspecified atom stereocenters. The summed E-state index contributed by atoms with van der Waals surface area (Å²) < 4.78 is 0.761. The molecule has 0 aliphatic carbocycles. The molecule has 1 rings (SSSR count). The Morgan fingerprint density at radius 3 is 2.60 bits per heavy atom. The summed E-state index contributed by atoms with van der Waals surface area (Å²) >= 11 is 3.33. The number of nitrogens with one attached hydrogen (secondary N) is 1. The summed E-state index contributed by atoms with van der Waals surface area (Å²) in [6.45, 7) is 5.76. The number of nitrogen functional groups attached to an aromatic ring is 1. The second-order valence-corrected chi connectivity index (χ2v) is 4.69. The zero-order valence-corrected chi connectivity index (χ0v) is 10.7. The summed E-state index contributed by atoms with van der Waals surface area (Å²) in [4.78, 5) is 11.8. The maximum absolute atomic E-state index is 11.8. The molecule has 15 heavy (non-hydrogen) atoms. The molecule has 0 fully saturated rings. The van der Waals surface area contributed by atoms with Crippen LogP contribution < -0.4 is 11.1 Å². The Balaban J connectivity index is 3.08. The van der Waals surface area contributed by atoms with Gasteiger partial charge in [-0.2, -0.15) is 0 Å². The molecule has 0 saturated heterocycles. The number of anilines is 1. The molecule has 0 bridgehead atoms. The number of carbonyl (C=O) groups excluding carboxylic acids is 1. The van der Waals surface area contributed by atoms with Crippen LogP contribution >= 0.6 is 15.9 Å². The number of amides is 1. The first-order valence-electron chi connectivity index (χ1n) is 4.78. The van der Waals surface area contributed by atoms with Gasteiger partial charge in [-0.3, -0.25) is 4.79 Å². The zero-order valence-electron chi connectivity index (χ0n) is 9.10. The molecule has 0 atom stereocenters. The fourth-order valence-corrected chi connectivity index (χ4v) is 1.86. The van der Waals surface area contributed by atoms with Crippen LogP contribution in [0, 0.1) is 6.92 Å². The fourth-order valence-electron chi connectivity index (χ4n) is 1.28. The molecular formula is C11H15BrN2O. The van der Waals surface area contributed by atoms with Gasteiger partial charge in [0, 0.05) is 10.5 Å². The third kappa shape index (κ3) is 2.96. The first kappa shape index (κ1) is 12.0. The highest BCUT2D eigenvalue weighted by molar-refractivity contribution is 9.10. The minimum atomic E-state index is -0.132. The lowest BCUT2D eigenvalue weighted by Gasteiger charge is -2.12. The van der Waals surface area contributed by atoms with Crippen LogP contribution in [-0.2, 0) is 0 Å². The van der Waals surface area contributed by atoms with Gasteiger partial charge in [0.2, 0.25) is 0 Å². The molecule has 0 aliphatic heterocycles. The van der Waals surface area contributed by atoms with E-state index in [2.05, 4.69) is 21.2 Å². The summed E-state index contributed by atoms with van der Waals surface area (Å²) in [5.41, 5.74) is 7.83. The lowest BCUT2D eigenvalue weighted by atomic mass is 10.1. The molecule has 3 N–H and O–H groups in total. The zero-order chi connectivity index (χ0) is 11.6. The Kier molecular flexibility index (Phi) is 3.74. The lowest BCUT2D eigenvalue weighted by molar-refractivity contribution is 0.0944. The minimum absolute atomic E-state index is 0.108. The van der Waals surface area contributed by atoms with Crippen molar-refractivity contribution in [3.05, 3.63) is 27.7 Å². The van der Waals surface area contributed by atoms with Crippen LogP contribution in [0.25, 0.3) is 0 Å².